The van der Waals surface area contributed by atoms with E-state index in [2.05, 4.69) is 5.32 Å². The van der Waals surface area contributed by atoms with Crippen molar-refractivity contribution in [1.29, 1.82) is 0 Å². The zero-order chi connectivity index (χ0) is 28.8. The minimum Gasteiger partial charge on any atom is -0.458 e. The molecule has 0 bridgehead atoms. The number of hydrogen-bond donors (Lipinski definition) is 2. The number of halogens is 1. The number of benzene rings is 3. The maximum absolute atomic E-state index is 14.2. The Labute approximate surface area is 232 Å². The second-order valence-electron chi connectivity index (χ2n) is 10.2. The first-order valence-corrected chi connectivity index (χ1v) is 13.4. The Kier molecular flexibility index (Phi) is 9.11. The van der Waals surface area contributed by atoms with Crippen molar-refractivity contribution >= 4 is 28.5 Å². The minimum absolute atomic E-state index is 0.133. The van der Waals surface area contributed by atoms with Gasteiger partial charge in [0.25, 0.3) is 5.91 Å². The van der Waals surface area contributed by atoms with Crippen molar-refractivity contribution in [1.82, 2.24) is 4.90 Å². The highest BCUT2D eigenvalue weighted by Crippen LogP contribution is 2.34. The second kappa shape index (κ2) is 12.7. The van der Waals surface area contributed by atoms with Gasteiger partial charge in [-0.25, -0.2) is 4.39 Å². The summed E-state index contributed by atoms with van der Waals surface area (Å²) < 4.78 is 20.6. The molecule has 1 unspecified atom stereocenters. The Morgan fingerprint density at radius 2 is 1.73 bits per heavy atom. The van der Waals surface area contributed by atoms with E-state index in [1.807, 2.05) is 44.2 Å². The lowest BCUT2D eigenvalue weighted by molar-refractivity contribution is -0.114. The predicted octanol–water partition coefficient (Wildman–Crippen LogP) is 5.67. The van der Waals surface area contributed by atoms with E-state index in [1.165, 1.54) is 25.1 Å². The standard InChI is InChI=1S/C32H34FN3O4/c1-20(2)29(36(17-7-16-34)32(39)23-10-13-25(14-11-23)35-21(3)37)31-27(18-22-8-5-4-6-9-22)30(38)26-15-12-24(33)19-28(26)40-31/h4-6,8-15,19-20,29H,7,16-18,34H2,1-3H3,(H,35,37). The van der Waals surface area contributed by atoms with Crippen LogP contribution in [0.2, 0.25) is 0 Å². The van der Waals surface area contributed by atoms with Crippen LogP contribution in [-0.2, 0) is 11.2 Å². The molecule has 8 heteroatoms. The van der Waals surface area contributed by atoms with E-state index in [1.54, 1.807) is 29.2 Å². The molecule has 0 aliphatic heterocycles. The largest absolute Gasteiger partial charge is 0.458 e. The van der Waals surface area contributed by atoms with Gasteiger partial charge in [0.05, 0.1) is 11.4 Å². The highest BCUT2D eigenvalue weighted by Gasteiger charge is 2.33. The third-order valence-electron chi connectivity index (χ3n) is 6.76. The molecule has 0 radical (unpaired) electrons. The highest BCUT2D eigenvalue weighted by molar-refractivity contribution is 5.96. The number of hydrogen-bond acceptors (Lipinski definition) is 5. The van der Waals surface area contributed by atoms with Crippen LogP contribution in [0.25, 0.3) is 11.0 Å². The lowest BCUT2D eigenvalue weighted by Crippen LogP contribution is -2.40. The van der Waals surface area contributed by atoms with Crippen LogP contribution in [0.15, 0.2) is 82.0 Å². The Balaban J connectivity index is 1.87. The maximum atomic E-state index is 14.2. The summed E-state index contributed by atoms with van der Waals surface area (Å²) in [4.78, 5) is 41.0. The summed E-state index contributed by atoms with van der Waals surface area (Å²) in [5, 5.41) is 2.98. The highest BCUT2D eigenvalue weighted by atomic mass is 19.1. The summed E-state index contributed by atoms with van der Waals surface area (Å²) in [5.74, 6) is -0.827. The average Bonchev–Trinajstić information content (AvgIpc) is 2.92. The van der Waals surface area contributed by atoms with E-state index in [0.717, 1.165) is 5.56 Å². The van der Waals surface area contributed by atoms with E-state index < -0.39 is 11.9 Å². The summed E-state index contributed by atoms with van der Waals surface area (Å²) >= 11 is 0. The van der Waals surface area contributed by atoms with Gasteiger partial charge in [-0.3, -0.25) is 14.4 Å². The third-order valence-corrected chi connectivity index (χ3v) is 6.76. The smallest absolute Gasteiger partial charge is 0.254 e. The topological polar surface area (TPSA) is 106 Å². The Hall–Kier alpha value is -4.30. The van der Waals surface area contributed by atoms with Crippen LogP contribution in [-0.4, -0.2) is 29.8 Å². The molecular weight excluding hydrogens is 509 g/mol. The zero-order valence-corrected chi connectivity index (χ0v) is 22.9. The Morgan fingerprint density at radius 3 is 2.35 bits per heavy atom. The van der Waals surface area contributed by atoms with Gasteiger partial charge in [-0.1, -0.05) is 44.2 Å². The minimum atomic E-state index is -0.631. The van der Waals surface area contributed by atoms with Crippen molar-refractivity contribution in [3.8, 4) is 0 Å². The van der Waals surface area contributed by atoms with Gasteiger partial charge in [0.1, 0.15) is 17.2 Å². The molecule has 1 aromatic heterocycles. The van der Waals surface area contributed by atoms with Gasteiger partial charge in [-0.15, -0.1) is 0 Å². The Morgan fingerprint density at radius 1 is 1.02 bits per heavy atom. The molecule has 4 aromatic rings. The van der Waals surface area contributed by atoms with Gasteiger partial charge >= 0.3 is 0 Å². The first-order chi connectivity index (χ1) is 19.2. The first kappa shape index (κ1) is 28.7. The van der Waals surface area contributed by atoms with E-state index >= 15 is 0 Å². The fourth-order valence-corrected chi connectivity index (χ4v) is 4.93. The van der Waals surface area contributed by atoms with E-state index in [9.17, 15) is 18.8 Å². The molecular formula is C32H34FN3O4. The van der Waals surface area contributed by atoms with Crippen molar-refractivity contribution in [2.45, 2.75) is 39.7 Å². The summed E-state index contributed by atoms with van der Waals surface area (Å²) in [6.45, 7) is 6.00. The molecule has 40 heavy (non-hydrogen) atoms. The maximum Gasteiger partial charge on any atom is 0.254 e. The molecule has 0 saturated carbocycles. The SMILES string of the molecule is CC(=O)Nc1ccc(C(=O)N(CCCN)C(c2oc3cc(F)ccc3c(=O)c2Cc2ccccc2)C(C)C)cc1. The van der Waals surface area contributed by atoms with Gasteiger partial charge in [-0.2, -0.15) is 0 Å². The molecule has 0 aliphatic carbocycles. The van der Waals surface area contributed by atoms with Crippen LogP contribution in [0, 0.1) is 11.7 Å². The lowest BCUT2D eigenvalue weighted by atomic mass is 9.91. The Bertz CT molecular complexity index is 1550. The van der Waals surface area contributed by atoms with Crippen molar-refractivity contribution in [2.24, 2.45) is 11.7 Å². The van der Waals surface area contributed by atoms with Crippen molar-refractivity contribution in [3.05, 3.63) is 111 Å². The molecule has 4 rings (SSSR count). The summed E-state index contributed by atoms with van der Waals surface area (Å²) in [6, 6.07) is 19.4. The van der Waals surface area contributed by atoms with Gasteiger partial charge in [0, 0.05) is 42.8 Å². The predicted molar refractivity (Wildman–Crippen MR) is 155 cm³/mol. The number of fused-ring (bicyclic) bond motifs is 1. The summed E-state index contributed by atoms with van der Waals surface area (Å²) in [7, 11) is 0. The van der Waals surface area contributed by atoms with Gasteiger partial charge < -0.3 is 20.4 Å². The molecule has 208 valence electrons. The zero-order valence-electron chi connectivity index (χ0n) is 22.9. The molecule has 3 N–H and O–H groups in total. The third kappa shape index (κ3) is 6.46. The first-order valence-electron chi connectivity index (χ1n) is 13.4. The normalized spacial score (nSPS) is 11.9. The van der Waals surface area contributed by atoms with Gasteiger partial charge in [0.15, 0.2) is 5.43 Å². The second-order valence-corrected chi connectivity index (χ2v) is 10.2. The van der Waals surface area contributed by atoms with E-state index in [0.29, 0.717) is 48.5 Å². The number of carbonyl (C=O) groups excluding carboxylic acids is 2. The lowest BCUT2D eigenvalue weighted by Gasteiger charge is -2.35. The van der Waals surface area contributed by atoms with Crippen LogP contribution in [0.1, 0.15) is 60.5 Å². The number of anilines is 1. The number of rotatable bonds is 10. The van der Waals surface area contributed by atoms with Crippen LogP contribution in [0.5, 0.6) is 0 Å². The fraction of sp³-hybridized carbons (Fsp3) is 0.281. The molecule has 1 atom stereocenters. The molecule has 0 aliphatic rings. The van der Waals surface area contributed by atoms with E-state index in [4.69, 9.17) is 10.2 Å². The molecule has 0 fully saturated rings. The molecule has 1 heterocycles. The molecule has 3 aromatic carbocycles. The van der Waals surface area contributed by atoms with Crippen LogP contribution in [0.4, 0.5) is 10.1 Å². The molecule has 0 spiro atoms. The van der Waals surface area contributed by atoms with Crippen molar-refractivity contribution in [3.63, 3.8) is 0 Å². The number of nitrogens with two attached hydrogens (primary N) is 1. The molecule has 2 amide bonds. The summed E-state index contributed by atoms with van der Waals surface area (Å²) in [6.07, 6.45) is 0.818. The van der Waals surface area contributed by atoms with Crippen molar-refractivity contribution < 1.29 is 18.4 Å². The van der Waals surface area contributed by atoms with E-state index in [-0.39, 0.29) is 34.1 Å². The fourth-order valence-electron chi connectivity index (χ4n) is 4.93. The number of nitrogens with zero attached hydrogens (tertiary/aromatic N) is 1. The van der Waals surface area contributed by atoms with Crippen LogP contribution < -0.4 is 16.5 Å². The molecule has 7 nitrogen and oxygen atoms in total. The van der Waals surface area contributed by atoms with Crippen LogP contribution >= 0.6 is 0 Å². The monoisotopic (exact) mass is 543 g/mol. The summed E-state index contributed by atoms with van der Waals surface area (Å²) in [5.41, 5.74) is 8.05. The number of nitrogens with one attached hydrogen (secondary N) is 1. The van der Waals surface area contributed by atoms with Gasteiger partial charge in [-0.05, 0) is 60.8 Å². The van der Waals surface area contributed by atoms with Crippen molar-refractivity contribution in [2.75, 3.05) is 18.4 Å². The number of carbonyl (C=O) groups is 2. The van der Waals surface area contributed by atoms with Crippen LogP contribution in [0.3, 0.4) is 0 Å². The molecule has 0 saturated heterocycles. The average molecular weight is 544 g/mol. The van der Waals surface area contributed by atoms with Gasteiger partial charge in [0.2, 0.25) is 5.91 Å². The number of amides is 2. The quantitative estimate of drug-likeness (QED) is 0.268.